The van der Waals surface area contributed by atoms with Gasteiger partial charge in [-0.25, -0.2) is 0 Å². The SMILES string of the molecule is CC(C)(C)OC(=O)C(CCC=O)C(=O)OC(C)(C)C. The van der Waals surface area contributed by atoms with Crippen LogP contribution in [0.4, 0.5) is 0 Å². The molecular weight excluding hydrogens is 248 g/mol. The fourth-order valence-corrected chi connectivity index (χ4v) is 1.31. The van der Waals surface area contributed by atoms with Crippen LogP contribution in [-0.4, -0.2) is 29.4 Å². The number of ether oxygens (including phenoxy) is 2. The van der Waals surface area contributed by atoms with Crippen LogP contribution in [0.15, 0.2) is 0 Å². The lowest BCUT2D eigenvalue weighted by molar-refractivity contribution is -0.174. The average molecular weight is 272 g/mol. The molecule has 0 radical (unpaired) electrons. The van der Waals surface area contributed by atoms with Gasteiger partial charge in [0, 0.05) is 6.42 Å². The van der Waals surface area contributed by atoms with Crippen molar-refractivity contribution in [1.82, 2.24) is 0 Å². The third-order valence-corrected chi connectivity index (χ3v) is 1.96. The number of hydrogen-bond acceptors (Lipinski definition) is 5. The summed E-state index contributed by atoms with van der Waals surface area (Å²) >= 11 is 0. The standard InChI is InChI=1S/C14H24O5/c1-13(2,3)18-11(16)10(8-7-9-15)12(17)19-14(4,5)6/h9-10H,7-8H2,1-6H3. The molecule has 110 valence electrons. The highest BCUT2D eigenvalue weighted by atomic mass is 16.6. The molecule has 0 saturated heterocycles. The molecule has 0 heterocycles. The quantitative estimate of drug-likeness (QED) is 0.436. The zero-order valence-electron chi connectivity index (χ0n) is 12.6. The van der Waals surface area contributed by atoms with Crippen molar-refractivity contribution in [2.24, 2.45) is 5.92 Å². The summed E-state index contributed by atoms with van der Waals surface area (Å²) in [7, 11) is 0. The Morgan fingerprint density at radius 1 is 0.947 bits per heavy atom. The lowest BCUT2D eigenvalue weighted by Gasteiger charge is -2.26. The van der Waals surface area contributed by atoms with E-state index in [0.29, 0.717) is 6.29 Å². The van der Waals surface area contributed by atoms with Gasteiger partial charge in [-0.3, -0.25) is 9.59 Å². The number of carbonyl (C=O) groups excluding carboxylic acids is 3. The zero-order valence-corrected chi connectivity index (χ0v) is 12.6. The fourth-order valence-electron chi connectivity index (χ4n) is 1.31. The molecule has 0 aliphatic carbocycles. The molecule has 0 aliphatic heterocycles. The smallest absolute Gasteiger partial charge is 0.320 e. The first kappa shape index (κ1) is 17.6. The molecule has 5 heteroatoms. The van der Waals surface area contributed by atoms with E-state index in [0.717, 1.165) is 0 Å². The maximum absolute atomic E-state index is 12.0. The van der Waals surface area contributed by atoms with Crippen LogP contribution < -0.4 is 0 Å². The largest absolute Gasteiger partial charge is 0.459 e. The summed E-state index contributed by atoms with van der Waals surface area (Å²) in [6.07, 6.45) is 0.887. The molecule has 0 N–H and O–H groups in total. The first-order valence-corrected chi connectivity index (χ1v) is 6.35. The van der Waals surface area contributed by atoms with Gasteiger partial charge < -0.3 is 14.3 Å². The van der Waals surface area contributed by atoms with E-state index in [2.05, 4.69) is 0 Å². The van der Waals surface area contributed by atoms with Gasteiger partial charge in [0.15, 0.2) is 5.92 Å². The normalized spacial score (nSPS) is 12.2. The summed E-state index contributed by atoms with van der Waals surface area (Å²) in [4.78, 5) is 34.3. The Labute approximate surface area is 114 Å². The Balaban J connectivity index is 4.84. The molecule has 0 aromatic carbocycles. The van der Waals surface area contributed by atoms with Crippen LogP contribution in [0.2, 0.25) is 0 Å². The summed E-state index contributed by atoms with van der Waals surface area (Å²) in [5.74, 6) is -2.35. The van der Waals surface area contributed by atoms with Crippen LogP contribution in [0.5, 0.6) is 0 Å². The minimum Gasteiger partial charge on any atom is -0.459 e. The van der Waals surface area contributed by atoms with E-state index in [1.165, 1.54) is 0 Å². The molecule has 19 heavy (non-hydrogen) atoms. The third kappa shape index (κ3) is 8.35. The average Bonchev–Trinajstić information content (AvgIpc) is 2.12. The van der Waals surface area contributed by atoms with E-state index < -0.39 is 29.1 Å². The van der Waals surface area contributed by atoms with E-state index in [9.17, 15) is 14.4 Å². The first-order valence-electron chi connectivity index (χ1n) is 6.35. The van der Waals surface area contributed by atoms with Crippen molar-refractivity contribution in [2.45, 2.75) is 65.6 Å². The lowest BCUT2D eigenvalue weighted by atomic mass is 10.0. The Bertz CT molecular complexity index is 305. The summed E-state index contributed by atoms with van der Waals surface area (Å²) in [6, 6.07) is 0. The van der Waals surface area contributed by atoms with E-state index in [1.54, 1.807) is 41.5 Å². The highest BCUT2D eigenvalue weighted by molar-refractivity contribution is 5.95. The molecule has 5 nitrogen and oxygen atoms in total. The van der Waals surface area contributed by atoms with Crippen molar-refractivity contribution < 1.29 is 23.9 Å². The molecule has 0 spiro atoms. The second-order valence-electron chi connectivity index (χ2n) is 6.36. The Hall–Kier alpha value is -1.39. The maximum Gasteiger partial charge on any atom is 0.320 e. The maximum atomic E-state index is 12.0. The summed E-state index contributed by atoms with van der Waals surface area (Å²) in [5, 5.41) is 0. The van der Waals surface area contributed by atoms with Gasteiger partial charge in [-0.15, -0.1) is 0 Å². The Morgan fingerprint density at radius 3 is 1.58 bits per heavy atom. The van der Waals surface area contributed by atoms with Crippen LogP contribution in [-0.2, 0) is 23.9 Å². The first-order chi connectivity index (χ1) is 8.46. The highest BCUT2D eigenvalue weighted by Crippen LogP contribution is 2.19. The number of esters is 2. The van der Waals surface area contributed by atoms with Crippen LogP contribution in [0.3, 0.4) is 0 Å². The van der Waals surface area contributed by atoms with Gasteiger partial charge in [-0.1, -0.05) is 0 Å². The molecule has 0 aromatic rings. The molecule has 0 amide bonds. The lowest BCUT2D eigenvalue weighted by Crippen LogP contribution is -2.37. The van der Waals surface area contributed by atoms with E-state index >= 15 is 0 Å². The molecular formula is C14H24O5. The van der Waals surface area contributed by atoms with Crippen molar-refractivity contribution in [1.29, 1.82) is 0 Å². The number of rotatable bonds is 5. The van der Waals surface area contributed by atoms with Crippen molar-refractivity contribution >= 4 is 18.2 Å². The van der Waals surface area contributed by atoms with Crippen LogP contribution in [0, 0.1) is 5.92 Å². The molecule has 0 bridgehead atoms. The molecule has 0 unspecified atom stereocenters. The van der Waals surface area contributed by atoms with E-state index in [-0.39, 0.29) is 12.8 Å². The molecule has 0 aromatic heterocycles. The topological polar surface area (TPSA) is 69.7 Å². The summed E-state index contributed by atoms with van der Waals surface area (Å²) in [5.41, 5.74) is -1.36. The van der Waals surface area contributed by atoms with Gasteiger partial charge in [0.2, 0.25) is 0 Å². The number of carbonyl (C=O) groups is 3. The van der Waals surface area contributed by atoms with Gasteiger partial charge >= 0.3 is 11.9 Å². The van der Waals surface area contributed by atoms with Crippen molar-refractivity contribution in [3.05, 3.63) is 0 Å². The van der Waals surface area contributed by atoms with Crippen LogP contribution in [0.1, 0.15) is 54.4 Å². The van der Waals surface area contributed by atoms with Gasteiger partial charge in [0.05, 0.1) is 0 Å². The Kier molecular flexibility index (Phi) is 6.19. The second kappa shape index (κ2) is 6.68. The zero-order chi connectivity index (χ0) is 15.3. The van der Waals surface area contributed by atoms with Crippen molar-refractivity contribution in [2.75, 3.05) is 0 Å². The third-order valence-electron chi connectivity index (χ3n) is 1.96. The molecule has 0 aliphatic rings. The Morgan fingerprint density at radius 2 is 1.32 bits per heavy atom. The monoisotopic (exact) mass is 272 g/mol. The summed E-state index contributed by atoms with van der Waals surface area (Å²) < 4.78 is 10.4. The van der Waals surface area contributed by atoms with Crippen molar-refractivity contribution in [3.8, 4) is 0 Å². The number of hydrogen-bond donors (Lipinski definition) is 0. The van der Waals surface area contributed by atoms with Crippen LogP contribution in [0.25, 0.3) is 0 Å². The van der Waals surface area contributed by atoms with Gasteiger partial charge in [0.25, 0.3) is 0 Å². The molecule has 0 rings (SSSR count). The highest BCUT2D eigenvalue weighted by Gasteiger charge is 2.34. The minimum absolute atomic E-state index is 0.104. The fraction of sp³-hybridized carbons (Fsp3) is 0.786. The molecule has 0 atom stereocenters. The van der Waals surface area contributed by atoms with E-state index in [4.69, 9.17) is 9.47 Å². The van der Waals surface area contributed by atoms with Gasteiger partial charge in [0.1, 0.15) is 17.5 Å². The molecule has 0 fully saturated rings. The van der Waals surface area contributed by atoms with E-state index in [1.807, 2.05) is 0 Å². The molecule has 0 saturated carbocycles. The minimum atomic E-state index is -1.05. The predicted octanol–water partition coefficient (Wildman–Crippen LogP) is 2.27. The van der Waals surface area contributed by atoms with Crippen molar-refractivity contribution in [3.63, 3.8) is 0 Å². The van der Waals surface area contributed by atoms with Gasteiger partial charge in [-0.05, 0) is 48.0 Å². The van der Waals surface area contributed by atoms with Crippen LogP contribution >= 0.6 is 0 Å². The second-order valence-corrected chi connectivity index (χ2v) is 6.36. The number of aldehydes is 1. The summed E-state index contributed by atoms with van der Waals surface area (Å²) in [6.45, 7) is 10.3. The van der Waals surface area contributed by atoms with Gasteiger partial charge in [-0.2, -0.15) is 0 Å². The predicted molar refractivity (Wildman–Crippen MR) is 70.5 cm³/mol.